The number of unbranched alkanes of at least 4 members (excludes halogenated alkanes) is 20. The molecule has 0 spiro atoms. The lowest BCUT2D eigenvalue weighted by Gasteiger charge is -2.26. The summed E-state index contributed by atoms with van der Waals surface area (Å²) in [5.41, 5.74) is 0. The number of carbonyl (C=O) groups excluding carboxylic acids is 3. The maximum Gasteiger partial charge on any atom is 0.306 e. The first-order valence-corrected chi connectivity index (χ1v) is 28.4. The summed E-state index contributed by atoms with van der Waals surface area (Å²) in [7, 11) is 5.91. The summed E-state index contributed by atoms with van der Waals surface area (Å²) in [5, 5.41) is 11.8. The molecule has 0 fully saturated rings. The number of aliphatic carboxylic acids is 1. The summed E-state index contributed by atoms with van der Waals surface area (Å²) in [6.07, 6.45) is 67.3. The van der Waals surface area contributed by atoms with Gasteiger partial charge in [-0.1, -0.05) is 214 Å². The molecule has 0 aromatic carbocycles. The summed E-state index contributed by atoms with van der Waals surface area (Å²) < 4.78 is 22.7. The second kappa shape index (κ2) is 52.5. The largest absolute Gasteiger partial charge is 0.545 e. The number of esters is 2. The minimum Gasteiger partial charge on any atom is -0.545 e. The summed E-state index contributed by atoms with van der Waals surface area (Å²) in [6, 6.07) is 0. The Morgan fingerprint density at radius 1 is 0.423 bits per heavy atom. The first-order valence-electron chi connectivity index (χ1n) is 28.4. The van der Waals surface area contributed by atoms with Crippen molar-refractivity contribution in [1.82, 2.24) is 0 Å². The quantitative estimate of drug-likeness (QED) is 0.0195. The molecule has 71 heavy (non-hydrogen) atoms. The average Bonchev–Trinajstić information content (AvgIpc) is 3.34. The highest BCUT2D eigenvalue weighted by molar-refractivity contribution is 5.70. The van der Waals surface area contributed by atoms with Gasteiger partial charge in [0.15, 0.2) is 12.4 Å². The molecule has 0 rings (SSSR count). The molecule has 0 aromatic rings. The lowest BCUT2D eigenvalue weighted by atomic mass is 10.0. The van der Waals surface area contributed by atoms with E-state index in [4.69, 9.17) is 18.9 Å². The minimum absolute atomic E-state index is 0.141. The van der Waals surface area contributed by atoms with Crippen LogP contribution in [0.4, 0.5) is 0 Å². The van der Waals surface area contributed by atoms with E-state index in [0.717, 1.165) is 116 Å². The third kappa shape index (κ3) is 53.8. The molecule has 9 nitrogen and oxygen atoms in total. The SMILES string of the molecule is CC/C=C\C/C=C\C/C=C\C/C=C\CCCCCCCCCCCCCCCCC(=O)OC(COC(=O)CCCCCCCC/C=C\C/C=C\C/C=C\C/C=C\CC)COC(OCC[N+](C)(C)C)C(=O)[O-]. The van der Waals surface area contributed by atoms with E-state index in [1.807, 2.05) is 21.1 Å². The van der Waals surface area contributed by atoms with Crippen LogP contribution in [0.1, 0.15) is 219 Å². The predicted octanol–water partition coefficient (Wildman–Crippen LogP) is 15.2. The Labute approximate surface area is 435 Å². The number of carboxylic acids is 1. The molecular formula is C62H105NO8. The smallest absolute Gasteiger partial charge is 0.306 e. The molecule has 0 radical (unpaired) electrons. The molecule has 9 heteroatoms. The molecule has 0 amide bonds. The number of carbonyl (C=O) groups is 3. The molecule has 2 atom stereocenters. The van der Waals surface area contributed by atoms with Crippen LogP contribution in [0.2, 0.25) is 0 Å². The summed E-state index contributed by atoms with van der Waals surface area (Å²) in [4.78, 5) is 37.3. The van der Waals surface area contributed by atoms with E-state index in [0.29, 0.717) is 17.4 Å². The predicted molar refractivity (Wildman–Crippen MR) is 297 cm³/mol. The first-order chi connectivity index (χ1) is 34.6. The van der Waals surface area contributed by atoms with Gasteiger partial charge in [0.05, 0.1) is 40.3 Å². The molecule has 0 saturated carbocycles. The van der Waals surface area contributed by atoms with Gasteiger partial charge in [-0.05, 0) is 89.9 Å². The fraction of sp³-hybridized carbons (Fsp3) is 0.694. The first kappa shape index (κ1) is 67.2. The number of likely N-dealkylation sites (N-methyl/N-ethyl adjacent to an activating group) is 1. The highest BCUT2D eigenvalue weighted by Gasteiger charge is 2.22. The van der Waals surface area contributed by atoms with Gasteiger partial charge in [0.2, 0.25) is 0 Å². The van der Waals surface area contributed by atoms with Gasteiger partial charge >= 0.3 is 11.9 Å². The third-order valence-corrected chi connectivity index (χ3v) is 11.8. The van der Waals surface area contributed by atoms with Crippen LogP contribution in [0.15, 0.2) is 97.2 Å². The molecule has 0 aromatic heterocycles. The maximum absolute atomic E-state index is 12.9. The van der Waals surface area contributed by atoms with Crippen LogP contribution in [0.25, 0.3) is 0 Å². The Bertz CT molecular complexity index is 1480. The highest BCUT2D eigenvalue weighted by atomic mass is 16.7. The lowest BCUT2D eigenvalue weighted by Crippen LogP contribution is -2.44. The Balaban J connectivity index is 4.27. The Morgan fingerprint density at radius 3 is 1.13 bits per heavy atom. The topological polar surface area (TPSA) is 111 Å². The van der Waals surface area contributed by atoms with Crippen molar-refractivity contribution in [2.75, 3.05) is 47.5 Å². The zero-order chi connectivity index (χ0) is 52.0. The standard InChI is InChI=1S/C62H105NO8/c1-6-8-10-12-14-16-18-20-22-24-26-27-28-29-30-31-32-33-35-37-39-41-43-45-47-49-51-53-60(65)71-58(57-70-62(61(66)67)68-55-54-63(3,4)5)56-69-59(64)52-50-48-46-44-42-40-38-36-34-25-23-21-19-17-15-13-11-9-7-2/h8-11,14-17,20-23,26-27,34,36,58,62H,6-7,12-13,18-19,24-25,28-33,35,37-57H2,1-5H3/b10-8-,11-9-,16-14-,17-15-,22-20-,23-21-,27-26-,36-34-. The van der Waals surface area contributed by atoms with E-state index in [2.05, 4.69) is 111 Å². The van der Waals surface area contributed by atoms with Gasteiger partial charge in [-0.25, -0.2) is 0 Å². The summed E-state index contributed by atoms with van der Waals surface area (Å²) in [5.74, 6) is -2.31. The van der Waals surface area contributed by atoms with E-state index in [1.54, 1.807) is 0 Å². The van der Waals surface area contributed by atoms with Crippen LogP contribution in [0.5, 0.6) is 0 Å². The van der Waals surface area contributed by atoms with Crippen LogP contribution in [0, 0.1) is 0 Å². The number of allylic oxidation sites excluding steroid dienone is 16. The third-order valence-electron chi connectivity index (χ3n) is 11.8. The molecule has 0 heterocycles. The fourth-order valence-electron chi connectivity index (χ4n) is 7.52. The van der Waals surface area contributed by atoms with Gasteiger partial charge < -0.3 is 33.3 Å². The van der Waals surface area contributed by atoms with Crippen LogP contribution in [-0.2, 0) is 33.3 Å². The van der Waals surface area contributed by atoms with E-state index in [1.165, 1.54) is 70.6 Å². The molecule has 2 unspecified atom stereocenters. The zero-order valence-corrected chi connectivity index (χ0v) is 46.1. The van der Waals surface area contributed by atoms with Gasteiger partial charge in [-0.2, -0.15) is 0 Å². The van der Waals surface area contributed by atoms with Crippen molar-refractivity contribution in [3.63, 3.8) is 0 Å². The van der Waals surface area contributed by atoms with E-state index in [9.17, 15) is 19.5 Å². The molecule has 0 bridgehead atoms. The molecule has 0 saturated heterocycles. The number of hydrogen-bond acceptors (Lipinski definition) is 8. The normalized spacial score (nSPS) is 13.5. The molecular weight excluding hydrogens is 887 g/mol. The fourth-order valence-corrected chi connectivity index (χ4v) is 7.52. The van der Waals surface area contributed by atoms with E-state index >= 15 is 0 Å². The minimum atomic E-state index is -1.63. The average molecular weight is 993 g/mol. The van der Waals surface area contributed by atoms with Gasteiger partial charge in [0, 0.05) is 12.8 Å². The molecule has 0 aliphatic heterocycles. The lowest BCUT2D eigenvalue weighted by molar-refractivity contribution is -0.870. The van der Waals surface area contributed by atoms with Crippen LogP contribution >= 0.6 is 0 Å². The Hall–Kier alpha value is -3.79. The second-order valence-electron chi connectivity index (χ2n) is 19.8. The van der Waals surface area contributed by atoms with Gasteiger partial charge in [0.25, 0.3) is 0 Å². The summed E-state index contributed by atoms with van der Waals surface area (Å²) in [6.45, 7) is 4.50. The number of quaternary nitrogens is 1. The highest BCUT2D eigenvalue weighted by Crippen LogP contribution is 2.15. The van der Waals surface area contributed by atoms with Gasteiger partial charge in [-0.15, -0.1) is 0 Å². The zero-order valence-electron chi connectivity index (χ0n) is 46.1. The number of carboxylic acid groups (broad SMARTS) is 1. The molecule has 0 aliphatic carbocycles. The van der Waals surface area contributed by atoms with Crippen molar-refractivity contribution in [1.29, 1.82) is 0 Å². The van der Waals surface area contributed by atoms with Gasteiger partial charge in [0.1, 0.15) is 13.2 Å². The Kier molecular flexibility index (Phi) is 49.7. The number of nitrogens with zero attached hydrogens (tertiary/aromatic N) is 1. The number of rotatable bonds is 51. The van der Waals surface area contributed by atoms with Crippen LogP contribution < -0.4 is 5.11 Å². The number of hydrogen-bond donors (Lipinski definition) is 0. The van der Waals surface area contributed by atoms with Crippen molar-refractivity contribution in [2.24, 2.45) is 0 Å². The Morgan fingerprint density at radius 2 is 0.761 bits per heavy atom. The second-order valence-corrected chi connectivity index (χ2v) is 19.8. The molecule has 0 aliphatic rings. The molecule has 0 N–H and O–H groups in total. The van der Waals surface area contributed by atoms with E-state index < -0.39 is 24.3 Å². The van der Waals surface area contributed by atoms with E-state index in [-0.39, 0.29) is 38.6 Å². The van der Waals surface area contributed by atoms with Crippen molar-refractivity contribution in [3.05, 3.63) is 97.2 Å². The van der Waals surface area contributed by atoms with Crippen molar-refractivity contribution in [3.8, 4) is 0 Å². The van der Waals surface area contributed by atoms with Crippen molar-refractivity contribution < 1.29 is 42.9 Å². The van der Waals surface area contributed by atoms with Crippen molar-refractivity contribution >= 4 is 17.9 Å². The summed E-state index contributed by atoms with van der Waals surface area (Å²) >= 11 is 0. The van der Waals surface area contributed by atoms with Crippen LogP contribution in [0.3, 0.4) is 0 Å². The molecule has 406 valence electrons. The van der Waals surface area contributed by atoms with Gasteiger partial charge in [-0.3, -0.25) is 9.59 Å². The van der Waals surface area contributed by atoms with Crippen LogP contribution in [-0.4, -0.2) is 82.3 Å². The van der Waals surface area contributed by atoms with Crippen molar-refractivity contribution in [2.45, 2.75) is 232 Å². The number of ether oxygens (including phenoxy) is 4. The maximum atomic E-state index is 12.9. The monoisotopic (exact) mass is 992 g/mol.